The summed E-state index contributed by atoms with van der Waals surface area (Å²) in [4.78, 5) is 16.8. The number of hydrogen-bond acceptors (Lipinski definition) is 3. The summed E-state index contributed by atoms with van der Waals surface area (Å²) in [6, 6.07) is 13.2. The highest BCUT2D eigenvalue weighted by Gasteiger charge is 2.48. The van der Waals surface area contributed by atoms with E-state index in [9.17, 15) is 4.79 Å². The summed E-state index contributed by atoms with van der Waals surface area (Å²) in [6.07, 6.45) is 8.66. The molecule has 1 unspecified atom stereocenters. The number of pyridine rings is 1. The van der Waals surface area contributed by atoms with Crippen LogP contribution in [0.4, 0.5) is 5.69 Å². The summed E-state index contributed by atoms with van der Waals surface area (Å²) in [6.45, 7) is 2.21. The van der Waals surface area contributed by atoms with E-state index in [0.717, 1.165) is 37.8 Å². The minimum absolute atomic E-state index is 0.188. The van der Waals surface area contributed by atoms with Gasteiger partial charge in [-0.1, -0.05) is 25.1 Å². The highest BCUT2D eigenvalue weighted by atomic mass is 16.2. The number of hydrogen-bond donors (Lipinski definition) is 2. The first kappa shape index (κ1) is 16.3. The molecule has 0 saturated heterocycles. The van der Waals surface area contributed by atoms with Crippen molar-refractivity contribution in [3.8, 4) is 0 Å². The van der Waals surface area contributed by atoms with E-state index in [0.29, 0.717) is 12.1 Å². The molecular formula is C21H25N3O. The topological polar surface area (TPSA) is 54.0 Å². The van der Waals surface area contributed by atoms with Gasteiger partial charge in [0, 0.05) is 30.2 Å². The molecule has 4 rings (SSSR count). The van der Waals surface area contributed by atoms with Crippen LogP contribution in [0.2, 0.25) is 0 Å². The predicted octanol–water partition coefficient (Wildman–Crippen LogP) is 3.96. The van der Waals surface area contributed by atoms with Crippen LogP contribution in [0.3, 0.4) is 0 Å². The number of carbonyl (C=O) groups excluding carboxylic acids is 1. The molecule has 1 aliphatic heterocycles. The maximum absolute atomic E-state index is 12.7. The molecule has 1 aromatic carbocycles. The molecule has 1 aromatic heterocycles. The van der Waals surface area contributed by atoms with Gasteiger partial charge in [-0.3, -0.25) is 9.78 Å². The number of nitrogens with zero attached hydrogens (tertiary/aromatic N) is 1. The number of anilines is 1. The van der Waals surface area contributed by atoms with E-state index in [1.54, 1.807) is 0 Å². The van der Waals surface area contributed by atoms with Gasteiger partial charge in [0.1, 0.15) is 0 Å². The molecule has 4 heteroatoms. The molecule has 1 spiro atoms. The first-order valence-electron chi connectivity index (χ1n) is 9.30. The highest BCUT2D eigenvalue weighted by molar-refractivity contribution is 6.06. The number of para-hydroxylation sites is 1. The average Bonchev–Trinajstić information content (AvgIpc) is 2.94. The molecule has 4 nitrogen and oxygen atoms in total. The molecule has 0 radical (unpaired) electrons. The monoisotopic (exact) mass is 335 g/mol. The molecule has 2 aromatic rings. The maximum Gasteiger partial charge on any atom is 0.235 e. The Morgan fingerprint density at radius 1 is 1.20 bits per heavy atom. The molecule has 1 aliphatic carbocycles. The van der Waals surface area contributed by atoms with Crippen LogP contribution in [0.5, 0.6) is 0 Å². The number of nitrogens with one attached hydrogen (secondary N) is 2. The number of amides is 1. The van der Waals surface area contributed by atoms with E-state index in [1.165, 1.54) is 11.1 Å². The van der Waals surface area contributed by atoms with Gasteiger partial charge >= 0.3 is 0 Å². The summed E-state index contributed by atoms with van der Waals surface area (Å²) in [5.74, 6) is 0.188. The molecule has 1 amide bonds. The van der Waals surface area contributed by atoms with Crippen LogP contribution in [0, 0.1) is 0 Å². The van der Waals surface area contributed by atoms with Gasteiger partial charge in [0.25, 0.3) is 0 Å². The van der Waals surface area contributed by atoms with Gasteiger partial charge in [-0.25, -0.2) is 0 Å². The van der Waals surface area contributed by atoms with Gasteiger partial charge < -0.3 is 10.6 Å². The molecule has 2 N–H and O–H groups in total. The molecule has 0 bridgehead atoms. The van der Waals surface area contributed by atoms with Crippen LogP contribution in [-0.2, 0) is 10.2 Å². The Morgan fingerprint density at radius 3 is 2.64 bits per heavy atom. The largest absolute Gasteiger partial charge is 0.325 e. The first-order valence-corrected chi connectivity index (χ1v) is 9.30. The van der Waals surface area contributed by atoms with Crippen LogP contribution < -0.4 is 10.6 Å². The predicted molar refractivity (Wildman–Crippen MR) is 99.4 cm³/mol. The van der Waals surface area contributed by atoms with E-state index in [1.807, 2.05) is 30.6 Å². The minimum Gasteiger partial charge on any atom is -0.325 e. The third-order valence-electron chi connectivity index (χ3n) is 5.92. The van der Waals surface area contributed by atoms with Gasteiger partial charge in [-0.2, -0.15) is 0 Å². The molecule has 1 saturated carbocycles. The highest BCUT2D eigenvalue weighted by Crippen LogP contribution is 2.47. The zero-order valence-electron chi connectivity index (χ0n) is 14.7. The van der Waals surface area contributed by atoms with Gasteiger partial charge in [-0.05, 0) is 61.4 Å². The number of rotatable bonds is 4. The standard InChI is InChI=1S/C21H25N3O/c1-2-18(15-9-13-22-14-10-15)23-16-7-11-21(12-8-16)17-5-3-4-6-19(17)24-20(21)25/h3-6,9-10,13-14,16,18,23H,2,7-8,11-12H2,1H3,(H,24,25). The summed E-state index contributed by atoms with van der Waals surface area (Å²) < 4.78 is 0. The smallest absolute Gasteiger partial charge is 0.235 e. The van der Waals surface area contributed by atoms with Crippen molar-refractivity contribution >= 4 is 11.6 Å². The lowest BCUT2D eigenvalue weighted by atomic mass is 9.69. The van der Waals surface area contributed by atoms with Crippen LogP contribution in [0.15, 0.2) is 48.8 Å². The van der Waals surface area contributed by atoms with Crippen molar-refractivity contribution in [1.29, 1.82) is 0 Å². The number of carbonyl (C=O) groups is 1. The van der Waals surface area contributed by atoms with E-state index in [-0.39, 0.29) is 11.3 Å². The fourth-order valence-electron chi connectivity index (χ4n) is 4.48. The Kier molecular flexibility index (Phi) is 4.30. The third kappa shape index (κ3) is 2.85. The van der Waals surface area contributed by atoms with Crippen molar-refractivity contribution in [2.45, 2.75) is 56.5 Å². The fraction of sp³-hybridized carbons (Fsp3) is 0.429. The van der Waals surface area contributed by atoms with Gasteiger partial charge in [0.05, 0.1) is 5.41 Å². The van der Waals surface area contributed by atoms with Crippen molar-refractivity contribution in [2.75, 3.05) is 5.32 Å². The maximum atomic E-state index is 12.7. The van der Waals surface area contributed by atoms with Crippen molar-refractivity contribution in [3.63, 3.8) is 0 Å². The second-order valence-electron chi connectivity index (χ2n) is 7.26. The zero-order chi connectivity index (χ0) is 17.3. The van der Waals surface area contributed by atoms with Crippen molar-refractivity contribution in [1.82, 2.24) is 10.3 Å². The van der Waals surface area contributed by atoms with Gasteiger partial charge in [0.15, 0.2) is 0 Å². The quantitative estimate of drug-likeness (QED) is 0.889. The summed E-state index contributed by atoms with van der Waals surface area (Å²) in [5.41, 5.74) is 3.18. The molecule has 1 atom stereocenters. The number of benzene rings is 1. The lowest BCUT2D eigenvalue weighted by Gasteiger charge is -2.37. The van der Waals surface area contributed by atoms with E-state index >= 15 is 0 Å². The Labute approximate surface area is 149 Å². The van der Waals surface area contributed by atoms with Gasteiger partial charge in [0.2, 0.25) is 5.91 Å². The van der Waals surface area contributed by atoms with E-state index < -0.39 is 0 Å². The summed E-state index contributed by atoms with van der Waals surface area (Å²) >= 11 is 0. The molecule has 2 heterocycles. The third-order valence-corrected chi connectivity index (χ3v) is 5.92. The van der Waals surface area contributed by atoms with Crippen LogP contribution in [0.25, 0.3) is 0 Å². The van der Waals surface area contributed by atoms with Gasteiger partial charge in [-0.15, -0.1) is 0 Å². The fourth-order valence-corrected chi connectivity index (χ4v) is 4.48. The summed E-state index contributed by atoms with van der Waals surface area (Å²) in [7, 11) is 0. The van der Waals surface area contributed by atoms with Crippen molar-refractivity contribution < 1.29 is 4.79 Å². The SMILES string of the molecule is CCC(NC1CCC2(CC1)C(=O)Nc1ccccc12)c1ccncc1. The minimum atomic E-state index is -0.312. The average molecular weight is 335 g/mol. The Morgan fingerprint density at radius 2 is 1.92 bits per heavy atom. The van der Waals surface area contributed by atoms with Crippen LogP contribution in [-0.4, -0.2) is 16.9 Å². The number of fused-ring (bicyclic) bond motifs is 2. The second-order valence-corrected chi connectivity index (χ2v) is 7.26. The normalized spacial score (nSPS) is 26.3. The lowest BCUT2D eigenvalue weighted by Crippen LogP contribution is -2.44. The lowest BCUT2D eigenvalue weighted by molar-refractivity contribution is -0.122. The first-order chi connectivity index (χ1) is 12.2. The number of aromatic nitrogens is 1. The van der Waals surface area contributed by atoms with E-state index in [4.69, 9.17) is 0 Å². The Balaban J connectivity index is 1.46. The van der Waals surface area contributed by atoms with Crippen LogP contribution in [0.1, 0.15) is 56.2 Å². The zero-order valence-corrected chi connectivity index (χ0v) is 14.7. The molecule has 1 fully saturated rings. The Hall–Kier alpha value is -2.20. The van der Waals surface area contributed by atoms with Crippen molar-refractivity contribution in [3.05, 3.63) is 59.9 Å². The summed E-state index contributed by atoms with van der Waals surface area (Å²) in [5, 5.41) is 6.89. The molecule has 130 valence electrons. The van der Waals surface area contributed by atoms with Crippen LogP contribution >= 0.6 is 0 Å². The van der Waals surface area contributed by atoms with E-state index in [2.05, 4.69) is 40.7 Å². The molecular weight excluding hydrogens is 310 g/mol. The Bertz CT molecular complexity index is 751. The van der Waals surface area contributed by atoms with Crippen molar-refractivity contribution in [2.24, 2.45) is 0 Å². The molecule has 2 aliphatic rings. The molecule has 25 heavy (non-hydrogen) atoms. The second kappa shape index (κ2) is 6.60.